The van der Waals surface area contributed by atoms with Crippen LogP contribution in [0.4, 0.5) is 0 Å². The van der Waals surface area contributed by atoms with Crippen LogP contribution in [0.5, 0.6) is 5.75 Å². The summed E-state index contributed by atoms with van der Waals surface area (Å²) in [5, 5.41) is 10.7. The predicted molar refractivity (Wildman–Crippen MR) is 60.7 cm³/mol. The highest BCUT2D eigenvalue weighted by Gasteiger charge is 2.08. The number of amides is 1. The van der Waals surface area contributed by atoms with Crippen molar-refractivity contribution in [3.8, 4) is 5.75 Å². The summed E-state index contributed by atoms with van der Waals surface area (Å²) >= 11 is 0. The van der Waals surface area contributed by atoms with Gasteiger partial charge in [-0.15, -0.1) is 0 Å². The van der Waals surface area contributed by atoms with E-state index in [9.17, 15) is 9.90 Å². The van der Waals surface area contributed by atoms with Crippen LogP contribution in [0.2, 0.25) is 0 Å². The number of hydrogen-bond donors (Lipinski definition) is 2. The number of carbonyl (C=O) groups is 1. The molecule has 0 saturated carbocycles. The number of primary amides is 1. The van der Waals surface area contributed by atoms with Crippen LogP contribution in [-0.2, 0) is 0 Å². The third kappa shape index (κ3) is 2.26. The summed E-state index contributed by atoms with van der Waals surface area (Å²) in [5.41, 5.74) is 5.30. The van der Waals surface area contributed by atoms with Gasteiger partial charge in [0.1, 0.15) is 5.75 Å². The van der Waals surface area contributed by atoms with Crippen LogP contribution in [0.15, 0.2) is 24.3 Å². The second kappa shape index (κ2) is 4.46. The number of carbonyl (C=O) groups excluding carboxylic acids is 1. The Balaban J connectivity index is 3.68. The molecule has 0 unspecified atom stereocenters. The van der Waals surface area contributed by atoms with Crippen molar-refractivity contribution < 1.29 is 9.90 Å². The minimum Gasteiger partial charge on any atom is -0.507 e. The summed E-state index contributed by atoms with van der Waals surface area (Å²) in [6.45, 7) is 5.63. The van der Waals surface area contributed by atoms with E-state index in [-0.39, 0.29) is 11.3 Å². The summed E-state index contributed by atoms with van der Waals surface area (Å²) in [7, 11) is 0. The number of aromatic hydroxyl groups is 1. The van der Waals surface area contributed by atoms with Gasteiger partial charge in [0.25, 0.3) is 5.91 Å². The molecule has 0 heterocycles. The van der Waals surface area contributed by atoms with Gasteiger partial charge >= 0.3 is 0 Å². The Morgan fingerprint density at radius 2 is 2.20 bits per heavy atom. The van der Waals surface area contributed by atoms with Gasteiger partial charge in [-0.2, -0.15) is 0 Å². The molecule has 1 aromatic rings. The molecule has 0 spiro atoms. The van der Waals surface area contributed by atoms with Crippen LogP contribution < -0.4 is 16.2 Å². The largest absolute Gasteiger partial charge is 0.507 e. The van der Waals surface area contributed by atoms with E-state index in [1.165, 1.54) is 6.07 Å². The number of hydrogen-bond acceptors (Lipinski definition) is 2. The number of nitrogens with two attached hydrogens (primary N) is 1. The van der Waals surface area contributed by atoms with Crippen LogP contribution in [0, 0.1) is 0 Å². The van der Waals surface area contributed by atoms with Crippen molar-refractivity contribution >= 4 is 18.6 Å². The van der Waals surface area contributed by atoms with Crippen LogP contribution in [0.3, 0.4) is 0 Å². The molecule has 0 radical (unpaired) electrons. The van der Waals surface area contributed by atoms with Crippen LogP contribution in [0.25, 0.3) is 12.7 Å². The fraction of sp³-hybridized carbons (Fsp3) is 0.0833. The number of phenols is 1. The molecule has 3 heteroatoms. The van der Waals surface area contributed by atoms with E-state index in [2.05, 4.69) is 6.58 Å². The highest BCUT2D eigenvalue weighted by molar-refractivity contribution is 5.96. The molecule has 1 amide bonds. The Labute approximate surface area is 87.8 Å². The topological polar surface area (TPSA) is 63.3 Å². The van der Waals surface area contributed by atoms with Gasteiger partial charge in [0, 0.05) is 0 Å². The molecular weight excluding hydrogens is 190 g/mol. The molecule has 0 aromatic heterocycles. The first-order chi connectivity index (χ1) is 7.07. The molecule has 0 aliphatic rings. The Hall–Kier alpha value is -2.03. The molecule has 3 nitrogen and oxygen atoms in total. The normalized spacial score (nSPS) is 12.2. The maximum atomic E-state index is 11.1. The molecule has 78 valence electrons. The van der Waals surface area contributed by atoms with Crippen molar-refractivity contribution in [2.24, 2.45) is 5.73 Å². The van der Waals surface area contributed by atoms with E-state index in [1.807, 2.05) is 13.0 Å². The summed E-state index contributed by atoms with van der Waals surface area (Å²) in [6.07, 6.45) is 5.27. The van der Waals surface area contributed by atoms with Crippen LogP contribution >= 0.6 is 0 Å². The first kappa shape index (κ1) is 11.0. The third-order valence-electron chi connectivity index (χ3n) is 2.02. The first-order valence-electron chi connectivity index (χ1n) is 4.51. The summed E-state index contributed by atoms with van der Waals surface area (Å²) in [6, 6.07) is 3.05. The number of allylic oxidation sites excluding steroid dienone is 2. The van der Waals surface area contributed by atoms with Crippen molar-refractivity contribution in [2.75, 3.05) is 0 Å². The third-order valence-corrected chi connectivity index (χ3v) is 2.02. The summed E-state index contributed by atoms with van der Waals surface area (Å²) in [5.74, 6) is -0.778. The van der Waals surface area contributed by atoms with E-state index in [1.54, 1.807) is 18.2 Å². The standard InChI is InChI=1S/C12H13NO2/c1-3-4-5-9-8(2)6-7-10(14)11(9)12(13)15/h3-7,14H,2H2,1H3,(H2,13,15)/b4-3-,9-5+. The molecule has 0 saturated heterocycles. The zero-order chi connectivity index (χ0) is 11.4. The van der Waals surface area contributed by atoms with Gasteiger partial charge in [0.15, 0.2) is 0 Å². The van der Waals surface area contributed by atoms with E-state index in [4.69, 9.17) is 5.73 Å². The molecule has 1 aromatic carbocycles. The Bertz CT molecular complexity index is 515. The average Bonchev–Trinajstić information content (AvgIpc) is 2.18. The minimum absolute atomic E-state index is 0.112. The van der Waals surface area contributed by atoms with Crippen molar-refractivity contribution in [1.29, 1.82) is 0 Å². The molecule has 0 fully saturated rings. The van der Waals surface area contributed by atoms with Crippen molar-refractivity contribution in [3.05, 3.63) is 40.3 Å². The monoisotopic (exact) mass is 203 g/mol. The maximum absolute atomic E-state index is 11.1. The molecule has 3 N–H and O–H groups in total. The second-order valence-corrected chi connectivity index (χ2v) is 3.09. The zero-order valence-electron chi connectivity index (χ0n) is 8.53. The molecule has 0 atom stereocenters. The average molecular weight is 203 g/mol. The molecule has 0 aliphatic carbocycles. The lowest BCUT2D eigenvalue weighted by Crippen LogP contribution is -2.32. The lowest BCUT2D eigenvalue weighted by molar-refractivity contribution is 0.0996. The smallest absolute Gasteiger partial charge is 0.253 e. The molecule has 1 rings (SSSR count). The molecule has 15 heavy (non-hydrogen) atoms. The lowest BCUT2D eigenvalue weighted by atomic mass is 10.1. The van der Waals surface area contributed by atoms with Gasteiger partial charge < -0.3 is 10.8 Å². The SMILES string of the molecule is C=c1ccc(O)c(C(N)=O)/c1=C/C=C\C. The van der Waals surface area contributed by atoms with E-state index in [0.29, 0.717) is 10.4 Å². The Morgan fingerprint density at radius 3 is 2.73 bits per heavy atom. The van der Waals surface area contributed by atoms with E-state index in [0.717, 1.165) is 0 Å². The fourth-order valence-corrected chi connectivity index (χ4v) is 1.29. The van der Waals surface area contributed by atoms with Crippen molar-refractivity contribution in [3.63, 3.8) is 0 Å². The molecule has 0 bridgehead atoms. The maximum Gasteiger partial charge on any atom is 0.253 e. The lowest BCUT2D eigenvalue weighted by Gasteiger charge is -2.01. The highest BCUT2D eigenvalue weighted by atomic mass is 16.3. The quantitative estimate of drug-likeness (QED) is 0.724. The second-order valence-electron chi connectivity index (χ2n) is 3.09. The predicted octanol–water partition coefficient (Wildman–Crippen LogP) is 0.258. The van der Waals surface area contributed by atoms with E-state index >= 15 is 0 Å². The van der Waals surface area contributed by atoms with Gasteiger partial charge in [0.05, 0.1) is 5.56 Å². The van der Waals surface area contributed by atoms with Gasteiger partial charge in [-0.3, -0.25) is 4.79 Å². The summed E-state index contributed by atoms with van der Waals surface area (Å²) in [4.78, 5) is 11.1. The molecular formula is C12H13NO2. The van der Waals surface area contributed by atoms with Gasteiger partial charge in [-0.1, -0.05) is 30.9 Å². The molecule has 0 aliphatic heterocycles. The number of benzene rings is 1. The van der Waals surface area contributed by atoms with Crippen LogP contribution in [0.1, 0.15) is 17.3 Å². The van der Waals surface area contributed by atoms with Gasteiger partial charge in [0.2, 0.25) is 0 Å². The van der Waals surface area contributed by atoms with Crippen molar-refractivity contribution in [1.82, 2.24) is 0 Å². The van der Waals surface area contributed by atoms with E-state index < -0.39 is 5.91 Å². The summed E-state index contributed by atoms with van der Waals surface area (Å²) < 4.78 is 0. The van der Waals surface area contributed by atoms with Crippen molar-refractivity contribution in [2.45, 2.75) is 6.92 Å². The fourth-order valence-electron chi connectivity index (χ4n) is 1.29. The minimum atomic E-state index is -0.659. The number of rotatable bonds is 2. The Kier molecular flexibility index (Phi) is 3.29. The van der Waals surface area contributed by atoms with Gasteiger partial charge in [-0.25, -0.2) is 0 Å². The first-order valence-corrected chi connectivity index (χ1v) is 4.51. The van der Waals surface area contributed by atoms with Gasteiger partial charge in [-0.05, 0) is 23.4 Å². The zero-order valence-corrected chi connectivity index (χ0v) is 8.53. The Morgan fingerprint density at radius 1 is 1.53 bits per heavy atom. The highest BCUT2D eigenvalue weighted by Crippen LogP contribution is 2.08. The van der Waals surface area contributed by atoms with Crippen LogP contribution in [-0.4, -0.2) is 11.0 Å².